The summed E-state index contributed by atoms with van der Waals surface area (Å²) in [6.45, 7) is -3.02. The zero-order valence-electron chi connectivity index (χ0n) is 14.4. The maximum Gasteiger partial charge on any atom is 0.416 e. The van der Waals surface area contributed by atoms with Gasteiger partial charge >= 0.3 is 12.8 Å². The summed E-state index contributed by atoms with van der Waals surface area (Å²) in [4.78, 5) is 12.0. The van der Waals surface area contributed by atoms with E-state index in [4.69, 9.17) is 5.73 Å². The van der Waals surface area contributed by atoms with Crippen molar-refractivity contribution in [3.05, 3.63) is 59.2 Å². The van der Waals surface area contributed by atoms with E-state index in [1.54, 1.807) is 0 Å². The molecular weight excluding hydrogens is 407 g/mol. The highest BCUT2D eigenvalue weighted by Gasteiger charge is 2.31. The van der Waals surface area contributed by atoms with E-state index in [0.717, 1.165) is 12.1 Å². The predicted octanol–water partition coefficient (Wildman–Crippen LogP) is 4.76. The lowest BCUT2D eigenvalue weighted by Gasteiger charge is -2.12. The monoisotopic (exact) mass is 424 g/mol. The fourth-order valence-corrected chi connectivity index (χ4v) is 2.36. The van der Waals surface area contributed by atoms with E-state index in [2.05, 4.69) is 10.1 Å². The molecule has 0 spiro atoms. The summed E-state index contributed by atoms with van der Waals surface area (Å²) in [7, 11) is 0. The Morgan fingerprint density at radius 1 is 1.07 bits per heavy atom. The van der Waals surface area contributed by atoms with Gasteiger partial charge in [-0.15, -0.1) is 12.4 Å². The van der Waals surface area contributed by atoms with Crippen LogP contribution < -0.4 is 15.8 Å². The highest BCUT2D eigenvalue weighted by molar-refractivity contribution is 5.91. The lowest BCUT2D eigenvalue weighted by atomic mass is 10.1. The Hall–Kier alpha value is -2.39. The maximum absolute atomic E-state index is 12.9. The summed E-state index contributed by atoms with van der Waals surface area (Å²) in [6, 6.07) is 8.90. The van der Waals surface area contributed by atoms with Crippen LogP contribution in [-0.4, -0.2) is 12.5 Å². The van der Waals surface area contributed by atoms with E-state index in [1.807, 2.05) is 0 Å². The second-order valence-electron chi connectivity index (χ2n) is 5.69. The summed E-state index contributed by atoms with van der Waals surface area (Å²) in [5.41, 5.74) is 5.46. The van der Waals surface area contributed by atoms with Gasteiger partial charge in [0.15, 0.2) is 0 Å². The molecule has 0 aliphatic rings. The van der Waals surface area contributed by atoms with Crippen LogP contribution in [0.3, 0.4) is 0 Å². The fourth-order valence-electron chi connectivity index (χ4n) is 2.36. The molecule has 2 aromatic rings. The molecule has 2 aromatic carbocycles. The van der Waals surface area contributed by atoms with Crippen LogP contribution in [-0.2, 0) is 23.9 Å². The van der Waals surface area contributed by atoms with Crippen molar-refractivity contribution < 1.29 is 31.5 Å². The zero-order chi connectivity index (χ0) is 20.0. The molecule has 154 valence electrons. The minimum absolute atomic E-state index is 0. The van der Waals surface area contributed by atoms with Gasteiger partial charge in [-0.05, 0) is 47.9 Å². The van der Waals surface area contributed by atoms with E-state index in [1.165, 1.54) is 30.3 Å². The molecule has 28 heavy (non-hydrogen) atoms. The smallest absolute Gasteiger partial charge is 0.416 e. The third-order valence-corrected chi connectivity index (χ3v) is 3.63. The molecule has 0 bridgehead atoms. The predicted molar refractivity (Wildman–Crippen MR) is 96.6 cm³/mol. The van der Waals surface area contributed by atoms with E-state index < -0.39 is 24.3 Å². The van der Waals surface area contributed by atoms with Crippen molar-refractivity contribution in [2.45, 2.75) is 32.2 Å². The first-order chi connectivity index (χ1) is 12.7. The van der Waals surface area contributed by atoms with Crippen LogP contribution in [0.15, 0.2) is 42.5 Å². The number of rotatable bonds is 7. The van der Waals surface area contributed by atoms with Crippen LogP contribution in [0.5, 0.6) is 5.75 Å². The second kappa shape index (κ2) is 10.2. The summed E-state index contributed by atoms with van der Waals surface area (Å²) in [5.74, 6) is -0.485. The van der Waals surface area contributed by atoms with Gasteiger partial charge in [0.05, 0.1) is 5.56 Å². The Balaban J connectivity index is 0.00000392. The SMILES string of the molecule is Cl.NCc1cc(NC(=O)CCc2ccc(OC(F)F)cc2)cc(C(F)(F)F)c1. The molecule has 0 saturated carbocycles. The summed E-state index contributed by atoms with van der Waals surface area (Å²) in [5, 5.41) is 2.42. The molecule has 2 rings (SSSR count). The Labute approximate surface area is 164 Å². The second-order valence-corrected chi connectivity index (χ2v) is 5.69. The van der Waals surface area contributed by atoms with E-state index in [9.17, 15) is 26.7 Å². The van der Waals surface area contributed by atoms with Crippen LogP contribution in [0.4, 0.5) is 27.6 Å². The molecular formula is C18H18ClF5N2O2. The van der Waals surface area contributed by atoms with Crippen molar-refractivity contribution in [2.24, 2.45) is 5.73 Å². The third-order valence-electron chi connectivity index (χ3n) is 3.63. The Bertz CT molecular complexity index is 783. The van der Waals surface area contributed by atoms with Crippen molar-refractivity contribution in [2.75, 3.05) is 5.32 Å². The first-order valence-corrected chi connectivity index (χ1v) is 7.92. The minimum Gasteiger partial charge on any atom is -0.435 e. The normalized spacial score (nSPS) is 11.1. The third kappa shape index (κ3) is 7.32. The van der Waals surface area contributed by atoms with Gasteiger partial charge in [-0.2, -0.15) is 22.0 Å². The maximum atomic E-state index is 12.9. The molecule has 0 heterocycles. The van der Waals surface area contributed by atoms with Gasteiger partial charge in [0.1, 0.15) is 5.75 Å². The number of nitrogens with one attached hydrogen (secondary N) is 1. The number of aryl methyl sites for hydroxylation is 1. The van der Waals surface area contributed by atoms with Gasteiger partial charge in [-0.1, -0.05) is 12.1 Å². The first-order valence-electron chi connectivity index (χ1n) is 7.92. The molecule has 0 aliphatic heterocycles. The van der Waals surface area contributed by atoms with Crippen molar-refractivity contribution >= 4 is 24.0 Å². The largest absolute Gasteiger partial charge is 0.435 e. The lowest BCUT2D eigenvalue weighted by Crippen LogP contribution is -2.14. The fraction of sp³-hybridized carbons (Fsp3) is 0.278. The number of anilines is 1. The lowest BCUT2D eigenvalue weighted by molar-refractivity contribution is -0.137. The van der Waals surface area contributed by atoms with Gasteiger partial charge in [0, 0.05) is 18.7 Å². The number of hydrogen-bond acceptors (Lipinski definition) is 3. The number of amides is 1. The Morgan fingerprint density at radius 3 is 2.25 bits per heavy atom. The van der Waals surface area contributed by atoms with Crippen LogP contribution in [0.1, 0.15) is 23.1 Å². The number of benzene rings is 2. The number of carbonyl (C=O) groups is 1. The number of hydrogen-bond donors (Lipinski definition) is 2. The molecule has 0 aliphatic carbocycles. The molecule has 3 N–H and O–H groups in total. The van der Waals surface area contributed by atoms with Crippen molar-refractivity contribution in [3.63, 3.8) is 0 Å². The summed E-state index contributed by atoms with van der Waals surface area (Å²) < 4.78 is 67.1. The quantitative estimate of drug-likeness (QED) is 0.630. The van der Waals surface area contributed by atoms with Crippen molar-refractivity contribution in [1.29, 1.82) is 0 Å². The standard InChI is InChI=1S/C18H17F5N2O2.ClH/c19-17(20)27-15-4-1-11(2-5-15)3-6-16(26)25-14-8-12(10-24)7-13(9-14)18(21,22)23;/h1-2,4-5,7-9,17H,3,6,10,24H2,(H,25,26);1H. The molecule has 4 nitrogen and oxygen atoms in total. The molecule has 0 saturated heterocycles. The molecule has 0 aromatic heterocycles. The zero-order valence-corrected chi connectivity index (χ0v) is 15.2. The van der Waals surface area contributed by atoms with Gasteiger partial charge in [-0.3, -0.25) is 4.79 Å². The topological polar surface area (TPSA) is 64.3 Å². The van der Waals surface area contributed by atoms with Crippen molar-refractivity contribution in [1.82, 2.24) is 0 Å². The van der Waals surface area contributed by atoms with Crippen LogP contribution >= 0.6 is 12.4 Å². The Kier molecular flexibility index (Phi) is 8.64. The molecule has 1 amide bonds. The summed E-state index contributed by atoms with van der Waals surface area (Å²) >= 11 is 0. The van der Waals surface area contributed by atoms with Gasteiger partial charge in [0.25, 0.3) is 0 Å². The molecule has 0 unspecified atom stereocenters. The molecule has 0 atom stereocenters. The number of carbonyl (C=O) groups excluding carboxylic acids is 1. The van der Waals surface area contributed by atoms with Crippen LogP contribution in [0, 0.1) is 0 Å². The highest BCUT2D eigenvalue weighted by Crippen LogP contribution is 2.32. The number of nitrogens with two attached hydrogens (primary N) is 1. The van der Waals surface area contributed by atoms with Gasteiger partial charge in [0.2, 0.25) is 5.91 Å². The first kappa shape index (κ1) is 23.6. The molecule has 0 radical (unpaired) electrons. The van der Waals surface area contributed by atoms with Crippen molar-refractivity contribution in [3.8, 4) is 5.75 Å². The number of alkyl halides is 5. The average molecular weight is 425 g/mol. The Morgan fingerprint density at radius 2 is 1.71 bits per heavy atom. The number of ether oxygens (including phenoxy) is 1. The van der Waals surface area contributed by atoms with Crippen LogP contribution in [0.25, 0.3) is 0 Å². The van der Waals surface area contributed by atoms with Gasteiger partial charge in [-0.25, -0.2) is 0 Å². The van der Waals surface area contributed by atoms with E-state index in [0.29, 0.717) is 5.56 Å². The minimum atomic E-state index is -4.55. The number of halogens is 6. The molecule has 10 heteroatoms. The van der Waals surface area contributed by atoms with E-state index in [-0.39, 0.29) is 48.8 Å². The van der Waals surface area contributed by atoms with Crippen LogP contribution in [0.2, 0.25) is 0 Å². The average Bonchev–Trinajstić information content (AvgIpc) is 2.59. The highest BCUT2D eigenvalue weighted by atomic mass is 35.5. The molecule has 0 fully saturated rings. The van der Waals surface area contributed by atoms with E-state index >= 15 is 0 Å². The summed E-state index contributed by atoms with van der Waals surface area (Å²) in [6.07, 6.45) is -4.26. The van der Waals surface area contributed by atoms with Gasteiger partial charge < -0.3 is 15.8 Å².